The van der Waals surface area contributed by atoms with Crippen molar-refractivity contribution in [2.24, 2.45) is 0 Å². The number of nitrogen functional groups attached to an aromatic ring is 1. The molecular formula is C97H120Cl2N8O20Si6. The van der Waals surface area contributed by atoms with E-state index in [1.54, 1.807) is 30.5 Å². The molecule has 706 valence electrons. The largest absolute Gasteiger partial charge is 0.477 e. The number of nitrogens with zero attached hydrogens (tertiary/aromatic N) is 6. The molecule has 1 aliphatic carbocycles. The highest BCUT2D eigenvalue weighted by molar-refractivity contribution is 6.89. The number of cyclic esters (lactones) is 1. The van der Waals surface area contributed by atoms with Gasteiger partial charge in [-0.1, -0.05) is 229 Å². The Balaban J connectivity index is 0.000000241. The molecule has 0 unspecified atom stereocenters. The smallest absolute Gasteiger partial charge is 0.343 e. The van der Waals surface area contributed by atoms with Crippen LogP contribution in [-0.2, 0) is 58.1 Å². The highest BCUT2D eigenvalue weighted by Crippen LogP contribution is 2.42. The molecule has 36 heteroatoms. The number of nitro benzene ring substituents is 3. The van der Waals surface area contributed by atoms with Crippen LogP contribution in [0.5, 0.6) is 0 Å². The number of nitrogens with one attached hydrogen (secondary N) is 1. The molecule has 9 aromatic rings. The summed E-state index contributed by atoms with van der Waals surface area (Å²) in [5.41, 5.74) is 19.8. The Morgan fingerprint density at radius 1 is 0.526 bits per heavy atom. The summed E-state index contributed by atoms with van der Waals surface area (Å²) in [7, 11) is -7.39. The van der Waals surface area contributed by atoms with Crippen LogP contribution in [0.4, 0.5) is 28.4 Å². The number of hydrogen-bond donors (Lipinski definition) is 5. The number of nitrogens with two attached hydrogens (primary N) is 1. The average molecular weight is 1960 g/mol. The molecule has 3 aliphatic heterocycles. The lowest BCUT2D eigenvalue weighted by Crippen LogP contribution is -2.44. The van der Waals surface area contributed by atoms with Gasteiger partial charge in [0.15, 0.2) is 28.7 Å². The number of pyridine rings is 3. The minimum atomic E-state index is -1.83. The first-order chi connectivity index (χ1) is 61.7. The molecule has 0 amide bonds. The van der Waals surface area contributed by atoms with E-state index in [1.165, 1.54) is 82.9 Å². The van der Waals surface area contributed by atoms with E-state index < -0.39 is 97.4 Å². The van der Waals surface area contributed by atoms with Gasteiger partial charge in [0, 0.05) is 131 Å². The Bertz CT molecular complexity index is 6040. The van der Waals surface area contributed by atoms with Gasteiger partial charge in [0.2, 0.25) is 5.78 Å². The van der Waals surface area contributed by atoms with Crippen molar-refractivity contribution in [3.8, 4) is 33.9 Å². The molecule has 2 atom stereocenters. The maximum absolute atomic E-state index is 13.5. The molecule has 0 radical (unpaired) electrons. The van der Waals surface area contributed by atoms with E-state index in [0.29, 0.717) is 66.0 Å². The van der Waals surface area contributed by atoms with Crippen molar-refractivity contribution in [3.05, 3.63) is 276 Å². The van der Waals surface area contributed by atoms with Gasteiger partial charge in [-0.15, -0.1) is 16.6 Å². The van der Waals surface area contributed by atoms with Gasteiger partial charge in [0.25, 0.3) is 33.4 Å². The fourth-order valence-corrected chi connectivity index (χ4v) is 20.7. The third-order valence-corrected chi connectivity index (χ3v) is 29.8. The number of esters is 1. The number of benzene rings is 6. The van der Waals surface area contributed by atoms with Gasteiger partial charge in [0.1, 0.15) is 53.1 Å². The molecule has 4 aliphatic rings. The van der Waals surface area contributed by atoms with Gasteiger partial charge in [-0.2, -0.15) is 0 Å². The van der Waals surface area contributed by atoms with Gasteiger partial charge in [0.05, 0.1) is 55.2 Å². The number of aliphatic hydroxyl groups is 2. The molecule has 6 heterocycles. The van der Waals surface area contributed by atoms with Crippen LogP contribution in [-0.4, -0.2) is 139 Å². The second-order valence-electron chi connectivity index (χ2n) is 39.0. The van der Waals surface area contributed by atoms with E-state index in [1.807, 2.05) is 86.4 Å². The molecule has 3 aromatic heterocycles. The standard InChI is InChI=1S/C26H30N2O3Si.C13H13NO5.C12H18ClNOSi.C12H13NO3Si.C12H19NOSi.C8H18Si2.C7H4ClNO3.C7H5NO4/c1-5-26(31)20-14-22-24-19(15-28(22)25(30)18(20)10-11-23(26)29)16(12-13-32(2,3)4)17-8-6-7-9-21(17)27-24;1-2-13(18)8-5-9-10(15)3-4-14(9)11(16)7(8)6-19-12(13)17;1-16(2,3)9-8-12(15)10-6-4-5-7-11(10)14-13;1-17(2,3)9-8-12(14)10-6-4-5-7-11(10)13(15)16;1-15(2,3)9-8-12(14)10-6-4-5-7-11(10)13;1-9(2,3)7-8-10(4,5)6;8-7(10)5-3-1-2-4-6(5)9(11)12;9-7(10)5-3-1-2-4-6(5)8(11)12/h6-9,14,31H,5,10-13,15H2,1-4H3;5,18H,2-4,6H2,1H3;4-7,14H,8-9H2,1-3H3;4-7H,1-3H3;4-7H,8-9,13H2,1-3H3;1-6H3;1-4H;1-4H,(H,9,10)/t26-;13-;;;;;;/m00....../s1. The topological polar surface area (TPSA) is 431 Å². The molecular weight excluding hydrogens is 1840 g/mol. The fourth-order valence-electron chi connectivity index (χ4n) is 13.9. The van der Waals surface area contributed by atoms with E-state index in [9.17, 15) is 88.5 Å². The lowest BCUT2D eigenvalue weighted by molar-refractivity contribution is -0.385. The Morgan fingerprint density at radius 2 is 0.962 bits per heavy atom. The van der Waals surface area contributed by atoms with Crippen LogP contribution in [0.2, 0.25) is 136 Å². The van der Waals surface area contributed by atoms with Gasteiger partial charge in [-0.25, -0.2) is 14.6 Å². The number of carboxylic acid groups (broad SMARTS) is 1. The maximum Gasteiger partial charge on any atom is 0.343 e. The summed E-state index contributed by atoms with van der Waals surface area (Å²) in [4.78, 5) is 155. The number of Topliss-reactive ketones (excluding diaryl/α,β-unsaturated/α-hetero) is 5. The summed E-state index contributed by atoms with van der Waals surface area (Å²) >= 11 is 10.7. The molecule has 0 saturated carbocycles. The van der Waals surface area contributed by atoms with E-state index in [-0.39, 0.29) is 117 Å². The van der Waals surface area contributed by atoms with Gasteiger partial charge < -0.3 is 34.9 Å². The SMILES string of the molecule is CC[C@@]1(O)C(=O)CCc2c1cc1n(c2=O)Cc2c-1nc1ccccc1c2CC[Si](C)(C)C.CC[C@@]1(O)C(=O)OCc2c1cc1n(c2=O)CCC1=O.C[Si](C)(C)C#CC(=O)c1ccccc1[N+](=O)[O-].C[Si](C)(C)C#C[Si](C)(C)C.C[Si](C)(C)CCC(=O)c1ccccc1N.C[Si](C)(C)CCC(=O)c1ccccc1NCl.O=C(Cl)c1ccccc1[N+](=O)[O-].O=C(O)c1ccccc1[N+](=O)[O-]. The summed E-state index contributed by atoms with van der Waals surface area (Å²) in [6.07, 6.45) is 3.46. The number of ketones is 5. The minimum Gasteiger partial charge on any atom is -0.477 e. The number of carboxylic acids is 1. The third kappa shape index (κ3) is 31.2. The first-order valence-electron chi connectivity index (χ1n) is 43.5. The molecule has 6 aromatic carbocycles. The molecule has 13 rings (SSSR count). The second kappa shape index (κ2) is 46.8. The number of aromatic carboxylic acids is 1. The number of nitro groups is 3. The molecule has 0 bridgehead atoms. The molecule has 133 heavy (non-hydrogen) atoms. The maximum atomic E-state index is 13.5. The zero-order chi connectivity index (χ0) is 100. The number of fused-ring (bicyclic) bond motifs is 7. The number of halogens is 2. The number of rotatable bonds is 20. The van der Waals surface area contributed by atoms with Crippen molar-refractivity contribution in [1.29, 1.82) is 0 Å². The number of carbonyl (C=O) groups is 8. The van der Waals surface area contributed by atoms with Gasteiger partial charge in [-0.05, 0) is 109 Å². The number of ether oxygens (including phenoxy) is 1. The predicted octanol–water partition coefficient (Wildman–Crippen LogP) is 20.5. The highest BCUT2D eigenvalue weighted by atomic mass is 35.5. The predicted molar refractivity (Wildman–Crippen MR) is 541 cm³/mol. The third-order valence-electron chi connectivity index (χ3n) is 21.3. The molecule has 0 saturated heterocycles. The number of carbonyl (C=O) groups excluding carboxylic acids is 7. The van der Waals surface area contributed by atoms with Crippen molar-refractivity contribution in [3.63, 3.8) is 0 Å². The quantitative estimate of drug-likeness (QED) is 0.00544. The Hall–Kier alpha value is -11.7. The van der Waals surface area contributed by atoms with E-state index >= 15 is 0 Å². The minimum absolute atomic E-state index is 0.0586. The van der Waals surface area contributed by atoms with Crippen LogP contribution in [0.1, 0.15) is 148 Å². The lowest BCUT2D eigenvalue weighted by atomic mass is 9.77. The first kappa shape index (κ1) is 110. The van der Waals surface area contributed by atoms with Crippen molar-refractivity contribution < 1.29 is 73.2 Å². The summed E-state index contributed by atoms with van der Waals surface area (Å²) in [6, 6.07) is 46.0. The molecule has 0 fully saturated rings. The number of hydrogen-bond acceptors (Lipinski definition) is 22. The highest BCUT2D eigenvalue weighted by Gasteiger charge is 2.47. The van der Waals surface area contributed by atoms with E-state index in [2.05, 4.69) is 132 Å². The number of aromatic nitrogens is 3. The van der Waals surface area contributed by atoms with E-state index in [4.69, 9.17) is 43.9 Å². The van der Waals surface area contributed by atoms with Gasteiger partial charge >= 0.3 is 11.9 Å². The zero-order valence-electron chi connectivity index (χ0n) is 79.2. The summed E-state index contributed by atoms with van der Waals surface area (Å²) in [5, 5.41) is 61.8. The number of para-hydroxylation sites is 6. The van der Waals surface area contributed by atoms with E-state index in [0.717, 1.165) is 52.4 Å². The summed E-state index contributed by atoms with van der Waals surface area (Å²) < 4.78 is 8.08. The normalized spacial score (nSPS) is 14.9. The van der Waals surface area contributed by atoms with Crippen LogP contribution < -0.4 is 21.7 Å². The Morgan fingerprint density at radius 3 is 1.44 bits per heavy atom. The van der Waals surface area contributed by atoms with Crippen LogP contribution in [0.3, 0.4) is 0 Å². The van der Waals surface area contributed by atoms with Crippen molar-refractivity contribution in [2.75, 3.05) is 10.6 Å². The van der Waals surface area contributed by atoms with Crippen molar-refractivity contribution >= 4 is 157 Å². The van der Waals surface area contributed by atoms with Crippen molar-refractivity contribution in [2.45, 2.75) is 232 Å². The summed E-state index contributed by atoms with van der Waals surface area (Å²) in [5.74, 6) is -0.0293. The van der Waals surface area contributed by atoms with Crippen LogP contribution in [0, 0.1) is 52.9 Å². The first-order valence-corrected chi connectivity index (χ1v) is 65.9. The van der Waals surface area contributed by atoms with Crippen LogP contribution in [0.15, 0.2) is 167 Å². The Kier molecular flexibility index (Phi) is 38.7. The lowest BCUT2D eigenvalue weighted by Gasteiger charge is -2.32. The zero-order valence-corrected chi connectivity index (χ0v) is 86.7. The van der Waals surface area contributed by atoms with Gasteiger partial charge in [-0.3, -0.25) is 73.5 Å². The average Bonchev–Trinajstić information content (AvgIpc) is 1.60. The number of anilines is 2. The molecule has 6 N–H and O–H groups in total. The molecule has 28 nitrogen and oxygen atoms in total. The second-order valence-corrected chi connectivity index (χ2v) is 70.6. The van der Waals surface area contributed by atoms with Crippen LogP contribution >= 0.6 is 23.4 Å². The monoisotopic (exact) mass is 1950 g/mol. The Labute approximate surface area is 791 Å². The van der Waals surface area contributed by atoms with Crippen LogP contribution in [0.25, 0.3) is 22.3 Å². The van der Waals surface area contributed by atoms with Crippen molar-refractivity contribution in [1.82, 2.24) is 14.1 Å². The summed E-state index contributed by atoms with van der Waals surface area (Å²) in [6.45, 7) is 44.7. The number of aryl methyl sites for hydroxylation is 1. The fraction of sp³-hybridized carbons (Fsp3) is 0.371. The molecule has 0 spiro atoms.